The number of alkyl halides is 1. The zero-order valence-corrected chi connectivity index (χ0v) is 13.6. The standard InChI is InChI=1S/C16H13BrN2OS/c17-8-7-15(20)19-16-18-14(10-21-16)13-6-5-11-3-1-2-4-12(11)9-13/h1-6,9-10H,7-8H2,(H,18,19,20). The van der Waals surface area contributed by atoms with Crippen molar-refractivity contribution in [3.05, 3.63) is 47.8 Å². The average molecular weight is 361 g/mol. The second-order valence-corrected chi connectivity index (χ2v) is 6.24. The third kappa shape index (κ3) is 3.31. The lowest BCUT2D eigenvalue weighted by atomic mass is 10.1. The zero-order valence-electron chi connectivity index (χ0n) is 11.2. The molecule has 0 unspecified atom stereocenters. The van der Waals surface area contributed by atoms with Crippen molar-refractivity contribution in [1.82, 2.24) is 4.98 Å². The molecule has 1 aromatic heterocycles. The van der Waals surface area contributed by atoms with Gasteiger partial charge >= 0.3 is 0 Å². The van der Waals surface area contributed by atoms with Gasteiger partial charge in [-0.15, -0.1) is 11.3 Å². The number of thiazole rings is 1. The van der Waals surface area contributed by atoms with E-state index in [4.69, 9.17) is 0 Å². The highest BCUT2D eigenvalue weighted by molar-refractivity contribution is 9.09. The SMILES string of the molecule is O=C(CCBr)Nc1nc(-c2ccc3ccccc3c2)cs1. The normalized spacial score (nSPS) is 10.7. The Kier molecular flexibility index (Phi) is 4.31. The molecule has 106 valence electrons. The Morgan fingerprint density at radius 2 is 2.00 bits per heavy atom. The molecule has 1 heterocycles. The van der Waals surface area contributed by atoms with Crippen LogP contribution in [0.4, 0.5) is 5.13 Å². The lowest BCUT2D eigenvalue weighted by molar-refractivity contribution is -0.115. The van der Waals surface area contributed by atoms with E-state index >= 15 is 0 Å². The summed E-state index contributed by atoms with van der Waals surface area (Å²) in [6.45, 7) is 0. The molecule has 1 amide bonds. The molecular weight excluding hydrogens is 348 g/mol. The maximum Gasteiger partial charge on any atom is 0.226 e. The van der Waals surface area contributed by atoms with E-state index in [2.05, 4.69) is 56.6 Å². The Morgan fingerprint density at radius 1 is 1.19 bits per heavy atom. The predicted molar refractivity (Wildman–Crippen MR) is 92.1 cm³/mol. The summed E-state index contributed by atoms with van der Waals surface area (Å²) >= 11 is 4.70. The van der Waals surface area contributed by atoms with Crippen LogP contribution in [0, 0.1) is 0 Å². The van der Waals surface area contributed by atoms with E-state index in [0.717, 1.165) is 11.3 Å². The Morgan fingerprint density at radius 3 is 2.81 bits per heavy atom. The van der Waals surface area contributed by atoms with Gasteiger partial charge in [-0.1, -0.05) is 52.3 Å². The maximum absolute atomic E-state index is 11.6. The van der Waals surface area contributed by atoms with Crippen LogP contribution >= 0.6 is 27.3 Å². The average Bonchev–Trinajstić information content (AvgIpc) is 2.95. The summed E-state index contributed by atoms with van der Waals surface area (Å²) in [4.78, 5) is 16.0. The zero-order chi connectivity index (χ0) is 14.7. The molecule has 3 nitrogen and oxygen atoms in total. The molecule has 21 heavy (non-hydrogen) atoms. The first-order valence-electron chi connectivity index (χ1n) is 6.57. The van der Waals surface area contributed by atoms with Gasteiger partial charge in [0.15, 0.2) is 5.13 Å². The van der Waals surface area contributed by atoms with Gasteiger partial charge in [-0.25, -0.2) is 4.98 Å². The number of aromatic nitrogens is 1. The summed E-state index contributed by atoms with van der Waals surface area (Å²) in [5.74, 6) is -0.0220. The summed E-state index contributed by atoms with van der Waals surface area (Å²) in [5, 5.41) is 8.47. The number of hydrogen-bond acceptors (Lipinski definition) is 3. The molecule has 0 aliphatic heterocycles. The molecule has 5 heteroatoms. The fourth-order valence-electron chi connectivity index (χ4n) is 2.08. The predicted octanol–water partition coefficient (Wildman–Crippen LogP) is 4.69. The molecule has 0 saturated heterocycles. The number of benzene rings is 2. The van der Waals surface area contributed by atoms with E-state index in [1.807, 2.05) is 17.5 Å². The van der Waals surface area contributed by atoms with Gasteiger partial charge in [0.1, 0.15) is 0 Å². The van der Waals surface area contributed by atoms with Gasteiger partial charge in [-0.3, -0.25) is 4.79 Å². The van der Waals surface area contributed by atoms with E-state index in [-0.39, 0.29) is 5.91 Å². The first-order chi connectivity index (χ1) is 10.3. The van der Waals surface area contributed by atoms with Crippen molar-refractivity contribution >= 4 is 49.1 Å². The summed E-state index contributed by atoms with van der Waals surface area (Å²) in [7, 11) is 0. The third-order valence-electron chi connectivity index (χ3n) is 3.12. The lowest BCUT2D eigenvalue weighted by Crippen LogP contribution is -2.11. The van der Waals surface area contributed by atoms with Crippen molar-refractivity contribution < 1.29 is 4.79 Å². The number of carbonyl (C=O) groups is 1. The number of hydrogen-bond donors (Lipinski definition) is 1. The fourth-order valence-corrected chi connectivity index (χ4v) is 3.18. The van der Waals surface area contributed by atoms with Crippen LogP contribution in [-0.2, 0) is 4.79 Å². The van der Waals surface area contributed by atoms with Crippen LogP contribution in [0.15, 0.2) is 47.8 Å². The molecule has 0 aliphatic rings. The Labute approximate surface area is 135 Å². The van der Waals surface area contributed by atoms with Crippen LogP contribution in [0.5, 0.6) is 0 Å². The molecule has 1 N–H and O–H groups in total. The van der Waals surface area contributed by atoms with Crippen molar-refractivity contribution in [3.63, 3.8) is 0 Å². The van der Waals surface area contributed by atoms with E-state index in [1.165, 1.54) is 22.1 Å². The highest BCUT2D eigenvalue weighted by Crippen LogP contribution is 2.27. The van der Waals surface area contributed by atoms with Gasteiger partial charge in [0, 0.05) is 22.7 Å². The Balaban J connectivity index is 1.85. The number of halogens is 1. The van der Waals surface area contributed by atoms with Crippen molar-refractivity contribution in [3.8, 4) is 11.3 Å². The molecule has 3 aromatic rings. The number of anilines is 1. The molecule has 3 rings (SSSR count). The van der Waals surface area contributed by atoms with E-state index < -0.39 is 0 Å². The summed E-state index contributed by atoms with van der Waals surface area (Å²) in [6, 6.07) is 14.5. The smallest absolute Gasteiger partial charge is 0.226 e. The molecule has 0 bridgehead atoms. The molecule has 0 spiro atoms. The minimum absolute atomic E-state index is 0.0220. The third-order valence-corrected chi connectivity index (χ3v) is 4.27. The summed E-state index contributed by atoms with van der Waals surface area (Å²) in [5.41, 5.74) is 1.95. The molecule has 0 fully saturated rings. The van der Waals surface area contributed by atoms with Crippen molar-refractivity contribution in [2.75, 3.05) is 10.6 Å². The van der Waals surface area contributed by atoms with Crippen LogP contribution in [0.1, 0.15) is 6.42 Å². The topological polar surface area (TPSA) is 42.0 Å². The largest absolute Gasteiger partial charge is 0.302 e. The van der Waals surface area contributed by atoms with Gasteiger partial charge in [-0.2, -0.15) is 0 Å². The number of amides is 1. The Bertz CT molecular complexity index is 785. The highest BCUT2D eigenvalue weighted by atomic mass is 79.9. The molecule has 2 aromatic carbocycles. The minimum atomic E-state index is -0.0220. The fraction of sp³-hybridized carbons (Fsp3) is 0.125. The van der Waals surface area contributed by atoms with Crippen LogP contribution in [0.25, 0.3) is 22.0 Å². The molecule has 0 atom stereocenters. The van der Waals surface area contributed by atoms with Gasteiger partial charge in [0.05, 0.1) is 5.69 Å². The van der Waals surface area contributed by atoms with Gasteiger partial charge < -0.3 is 5.32 Å². The Hall–Kier alpha value is -1.72. The number of nitrogens with zero attached hydrogens (tertiary/aromatic N) is 1. The van der Waals surface area contributed by atoms with Crippen LogP contribution < -0.4 is 5.32 Å². The number of fused-ring (bicyclic) bond motifs is 1. The summed E-state index contributed by atoms with van der Waals surface area (Å²) < 4.78 is 0. The van der Waals surface area contributed by atoms with Crippen molar-refractivity contribution in [2.45, 2.75) is 6.42 Å². The highest BCUT2D eigenvalue weighted by Gasteiger charge is 2.08. The lowest BCUT2D eigenvalue weighted by Gasteiger charge is -2.01. The monoisotopic (exact) mass is 360 g/mol. The first-order valence-corrected chi connectivity index (χ1v) is 8.57. The quantitative estimate of drug-likeness (QED) is 0.685. The maximum atomic E-state index is 11.6. The van der Waals surface area contributed by atoms with Crippen LogP contribution in [0.3, 0.4) is 0 Å². The molecule has 0 aliphatic carbocycles. The second-order valence-electron chi connectivity index (χ2n) is 4.59. The second kappa shape index (κ2) is 6.37. The molecule has 0 saturated carbocycles. The number of nitrogens with one attached hydrogen (secondary N) is 1. The number of rotatable bonds is 4. The number of carbonyl (C=O) groups excluding carboxylic acids is 1. The van der Waals surface area contributed by atoms with Crippen molar-refractivity contribution in [1.29, 1.82) is 0 Å². The van der Waals surface area contributed by atoms with Crippen LogP contribution in [-0.4, -0.2) is 16.2 Å². The van der Waals surface area contributed by atoms with E-state index in [0.29, 0.717) is 16.9 Å². The van der Waals surface area contributed by atoms with Gasteiger partial charge in [-0.05, 0) is 16.8 Å². The van der Waals surface area contributed by atoms with Gasteiger partial charge in [0.2, 0.25) is 5.91 Å². The molecule has 0 radical (unpaired) electrons. The minimum Gasteiger partial charge on any atom is -0.302 e. The first kappa shape index (κ1) is 14.2. The van der Waals surface area contributed by atoms with Crippen molar-refractivity contribution in [2.24, 2.45) is 0 Å². The molecular formula is C16H13BrN2OS. The van der Waals surface area contributed by atoms with E-state index in [9.17, 15) is 4.79 Å². The van der Waals surface area contributed by atoms with Crippen LogP contribution in [0.2, 0.25) is 0 Å². The summed E-state index contributed by atoms with van der Waals surface area (Å²) in [6.07, 6.45) is 0.449. The van der Waals surface area contributed by atoms with Gasteiger partial charge in [0.25, 0.3) is 0 Å². The van der Waals surface area contributed by atoms with E-state index in [1.54, 1.807) is 0 Å².